The van der Waals surface area contributed by atoms with E-state index in [9.17, 15) is 5.11 Å². The fraction of sp³-hybridized carbons (Fsp3) is 0.500. The van der Waals surface area contributed by atoms with Crippen molar-refractivity contribution in [3.8, 4) is 11.5 Å². The normalized spacial score (nSPS) is 14.3. The van der Waals surface area contributed by atoms with E-state index in [1.54, 1.807) is 0 Å². The van der Waals surface area contributed by atoms with Gasteiger partial charge < -0.3 is 14.6 Å². The van der Waals surface area contributed by atoms with Crippen molar-refractivity contribution >= 4 is 15.9 Å². The van der Waals surface area contributed by atoms with E-state index >= 15 is 0 Å². The lowest BCUT2D eigenvalue weighted by Gasteiger charge is -2.24. The molecule has 0 saturated carbocycles. The Morgan fingerprint density at radius 1 is 1.38 bits per heavy atom. The molecule has 0 saturated heterocycles. The van der Waals surface area contributed by atoms with Crippen LogP contribution in [0.15, 0.2) is 10.5 Å². The van der Waals surface area contributed by atoms with Gasteiger partial charge >= 0.3 is 0 Å². The van der Waals surface area contributed by atoms with Crippen LogP contribution in [-0.2, 0) is 6.61 Å². The Bertz CT molecular complexity index is 402. The smallest absolute Gasteiger partial charge is 0.175 e. The predicted octanol–water partition coefficient (Wildman–Crippen LogP) is 2.84. The van der Waals surface area contributed by atoms with Crippen LogP contribution in [0.2, 0.25) is 0 Å². The van der Waals surface area contributed by atoms with Crippen molar-refractivity contribution in [2.45, 2.75) is 26.4 Å². The van der Waals surface area contributed by atoms with Gasteiger partial charge in [-0.1, -0.05) is 13.8 Å². The number of fused-ring (bicyclic) bond motifs is 1. The van der Waals surface area contributed by atoms with Gasteiger partial charge in [-0.15, -0.1) is 0 Å². The molecule has 0 aromatic heterocycles. The molecule has 1 aromatic rings. The van der Waals surface area contributed by atoms with Crippen LogP contribution >= 0.6 is 15.9 Å². The van der Waals surface area contributed by atoms with Gasteiger partial charge in [-0.05, 0) is 39.0 Å². The topological polar surface area (TPSA) is 38.7 Å². The molecular formula is C12H15BrO3. The van der Waals surface area contributed by atoms with Crippen LogP contribution in [0.4, 0.5) is 0 Å². The van der Waals surface area contributed by atoms with Crippen LogP contribution < -0.4 is 9.47 Å². The zero-order chi connectivity index (χ0) is 11.7. The number of rotatable bonds is 2. The molecule has 0 amide bonds. The van der Waals surface area contributed by atoms with Gasteiger partial charge in [0.1, 0.15) is 13.2 Å². The van der Waals surface area contributed by atoms with Crippen LogP contribution in [0.25, 0.3) is 0 Å². The molecule has 0 unspecified atom stereocenters. The summed E-state index contributed by atoms with van der Waals surface area (Å²) in [6, 6.07) is 1.87. The maximum Gasteiger partial charge on any atom is 0.175 e. The van der Waals surface area contributed by atoms with Crippen molar-refractivity contribution in [1.82, 2.24) is 0 Å². The molecule has 0 atom stereocenters. The molecule has 3 nitrogen and oxygen atoms in total. The van der Waals surface area contributed by atoms with Gasteiger partial charge in [0, 0.05) is 0 Å². The third-order valence-corrected chi connectivity index (χ3v) is 3.43. The van der Waals surface area contributed by atoms with Crippen molar-refractivity contribution in [2.24, 2.45) is 0 Å². The highest BCUT2D eigenvalue weighted by Gasteiger charge is 2.22. The Balaban J connectivity index is 2.60. The van der Waals surface area contributed by atoms with Crippen LogP contribution in [0.3, 0.4) is 0 Å². The third-order valence-electron chi connectivity index (χ3n) is 2.65. The van der Waals surface area contributed by atoms with Gasteiger partial charge in [-0.25, -0.2) is 0 Å². The zero-order valence-corrected chi connectivity index (χ0v) is 11.0. The minimum Gasteiger partial charge on any atom is -0.486 e. The molecule has 0 bridgehead atoms. The molecule has 88 valence electrons. The van der Waals surface area contributed by atoms with E-state index in [0.29, 0.717) is 24.9 Å². The SMILES string of the molecule is CC(C)c1c(CO)cc2c(c1Br)OCCO2. The lowest BCUT2D eigenvalue weighted by Crippen LogP contribution is -2.17. The molecule has 16 heavy (non-hydrogen) atoms. The van der Waals surface area contributed by atoms with Gasteiger partial charge in [0.25, 0.3) is 0 Å². The van der Waals surface area contributed by atoms with Crippen LogP contribution in [0.5, 0.6) is 11.5 Å². The summed E-state index contributed by atoms with van der Waals surface area (Å²) in [7, 11) is 0. The lowest BCUT2D eigenvalue weighted by molar-refractivity contribution is 0.169. The average molecular weight is 287 g/mol. The monoisotopic (exact) mass is 286 g/mol. The first-order valence-corrected chi connectivity index (χ1v) is 6.16. The Kier molecular flexibility index (Phi) is 3.40. The number of hydrogen-bond acceptors (Lipinski definition) is 3. The van der Waals surface area contributed by atoms with E-state index in [-0.39, 0.29) is 6.61 Å². The number of benzene rings is 1. The minimum absolute atomic E-state index is 0.0166. The molecule has 2 rings (SSSR count). The quantitative estimate of drug-likeness (QED) is 0.909. The Morgan fingerprint density at radius 2 is 2.06 bits per heavy atom. The van der Waals surface area contributed by atoms with E-state index in [4.69, 9.17) is 9.47 Å². The van der Waals surface area contributed by atoms with Crippen molar-refractivity contribution in [1.29, 1.82) is 0 Å². The van der Waals surface area contributed by atoms with Crippen LogP contribution in [0, 0.1) is 0 Å². The molecular weight excluding hydrogens is 272 g/mol. The second-order valence-electron chi connectivity index (χ2n) is 4.10. The summed E-state index contributed by atoms with van der Waals surface area (Å²) in [5.41, 5.74) is 1.98. The highest BCUT2D eigenvalue weighted by molar-refractivity contribution is 9.10. The van der Waals surface area contributed by atoms with Gasteiger partial charge in [-0.2, -0.15) is 0 Å². The molecule has 0 spiro atoms. The summed E-state index contributed by atoms with van der Waals surface area (Å²) < 4.78 is 12.0. The number of aliphatic hydroxyl groups excluding tert-OH is 1. The van der Waals surface area contributed by atoms with E-state index in [1.165, 1.54) is 0 Å². The van der Waals surface area contributed by atoms with Crippen molar-refractivity contribution in [3.63, 3.8) is 0 Å². The van der Waals surface area contributed by atoms with Crippen molar-refractivity contribution in [2.75, 3.05) is 13.2 Å². The second-order valence-corrected chi connectivity index (χ2v) is 4.89. The van der Waals surface area contributed by atoms with E-state index in [0.717, 1.165) is 21.3 Å². The molecule has 1 heterocycles. The van der Waals surface area contributed by atoms with Crippen LogP contribution in [0.1, 0.15) is 30.9 Å². The van der Waals surface area contributed by atoms with Crippen molar-refractivity contribution < 1.29 is 14.6 Å². The predicted molar refractivity (Wildman–Crippen MR) is 65.1 cm³/mol. The summed E-state index contributed by atoms with van der Waals surface area (Å²) in [5, 5.41) is 9.38. The van der Waals surface area contributed by atoms with E-state index < -0.39 is 0 Å². The molecule has 0 radical (unpaired) electrons. The number of aliphatic hydroxyl groups is 1. The second kappa shape index (κ2) is 4.63. The summed E-state index contributed by atoms with van der Waals surface area (Å²) in [5.74, 6) is 1.80. The first-order valence-electron chi connectivity index (χ1n) is 5.37. The van der Waals surface area contributed by atoms with E-state index in [2.05, 4.69) is 29.8 Å². The largest absolute Gasteiger partial charge is 0.486 e. The Hall–Kier alpha value is -0.740. The summed E-state index contributed by atoms with van der Waals surface area (Å²) in [6.45, 7) is 5.33. The number of hydrogen-bond donors (Lipinski definition) is 1. The van der Waals surface area contributed by atoms with Gasteiger partial charge in [0.2, 0.25) is 0 Å². The summed E-state index contributed by atoms with van der Waals surface area (Å²) in [4.78, 5) is 0. The highest BCUT2D eigenvalue weighted by Crippen LogP contribution is 2.44. The molecule has 1 aromatic carbocycles. The first-order chi connectivity index (χ1) is 7.65. The third kappa shape index (κ3) is 1.92. The summed E-state index contributed by atoms with van der Waals surface area (Å²) in [6.07, 6.45) is 0. The fourth-order valence-electron chi connectivity index (χ4n) is 1.97. The molecule has 0 fully saturated rings. The number of ether oxygens (including phenoxy) is 2. The molecule has 0 aliphatic carbocycles. The van der Waals surface area contributed by atoms with E-state index in [1.807, 2.05) is 6.07 Å². The highest BCUT2D eigenvalue weighted by atomic mass is 79.9. The number of halogens is 1. The zero-order valence-electron chi connectivity index (χ0n) is 9.42. The van der Waals surface area contributed by atoms with Crippen LogP contribution in [-0.4, -0.2) is 18.3 Å². The molecule has 1 N–H and O–H groups in total. The summed E-state index contributed by atoms with van der Waals surface area (Å²) >= 11 is 3.54. The maximum absolute atomic E-state index is 9.38. The lowest BCUT2D eigenvalue weighted by atomic mass is 9.96. The standard InChI is InChI=1S/C12H15BrO3/c1-7(2)10-8(6-14)5-9-12(11(10)13)16-4-3-15-9/h5,7,14H,3-4,6H2,1-2H3. The van der Waals surface area contributed by atoms with Gasteiger partial charge in [0.15, 0.2) is 11.5 Å². The van der Waals surface area contributed by atoms with Gasteiger partial charge in [-0.3, -0.25) is 0 Å². The average Bonchev–Trinajstić information content (AvgIpc) is 2.28. The minimum atomic E-state index is 0.0166. The Labute approximate surface area is 104 Å². The van der Waals surface area contributed by atoms with Gasteiger partial charge in [0.05, 0.1) is 11.1 Å². The maximum atomic E-state index is 9.38. The molecule has 1 aliphatic heterocycles. The molecule has 1 aliphatic rings. The fourth-order valence-corrected chi connectivity index (χ4v) is 2.99. The first kappa shape index (κ1) is 11.7. The van der Waals surface area contributed by atoms with Crippen molar-refractivity contribution in [3.05, 3.63) is 21.7 Å². The molecule has 4 heteroatoms. The Morgan fingerprint density at radius 3 is 2.69 bits per heavy atom.